The summed E-state index contributed by atoms with van der Waals surface area (Å²) in [5.41, 5.74) is 7.11. The Labute approximate surface area is 84.4 Å². The van der Waals surface area contributed by atoms with Gasteiger partial charge in [0.05, 0.1) is 6.26 Å². The van der Waals surface area contributed by atoms with Gasteiger partial charge in [0.15, 0.2) is 0 Å². The van der Waals surface area contributed by atoms with Crippen molar-refractivity contribution in [1.29, 1.82) is 0 Å². The maximum Gasteiger partial charge on any atom is 0.211 e. The molecular weight excluding hydrogens is 200 g/mol. The van der Waals surface area contributed by atoms with E-state index in [1.165, 1.54) is 10.6 Å². The van der Waals surface area contributed by atoms with E-state index in [4.69, 9.17) is 5.73 Å². The standard InChI is InChI=1S/C9H14N2O2S/c1-11(14(2,12)13)7-8-3-5-9(10)6-4-8/h3-6H,7,10H2,1-2H3. The normalized spacial score (nSPS) is 11.9. The second-order valence-electron chi connectivity index (χ2n) is 3.26. The van der Waals surface area contributed by atoms with Crippen LogP contribution in [0.3, 0.4) is 0 Å². The Morgan fingerprint density at radius 2 is 1.79 bits per heavy atom. The monoisotopic (exact) mass is 214 g/mol. The number of nitrogens with two attached hydrogens (primary N) is 1. The molecule has 1 aromatic rings. The minimum Gasteiger partial charge on any atom is -0.399 e. The molecule has 0 aliphatic carbocycles. The van der Waals surface area contributed by atoms with Crippen molar-refractivity contribution in [1.82, 2.24) is 4.31 Å². The Hall–Kier alpha value is -1.07. The van der Waals surface area contributed by atoms with Crippen LogP contribution in [0.2, 0.25) is 0 Å². The number of nitrogens with zero attached hydrogens (tertiary/aromatic N) is 1. The second kappa shape index (κ2) is 3.98. The number of benzene rings is 1. The predicted molar refractivity (Wildman–Crippen MR) is 57.2 cm³/mol. The Balaban J connectivity index is 2.75. The van der Waals surface area contributed by atoms with Crippen molar-refractivity contribution in [3.8, 4) is 0 Å². The zero-order valence-corrected chi connectivity index (χ0v) is 9.08. The van der Waals surface area contributed by atoms with E-state index >= 15 is 0 Å². The molecule has 5 heteroatoms. The van der Waals surface area contributed by atoms with E-state index < -0.39 is 10.0 Å². The lowest BCUT2D eigenvalue weighted by Crippen LogP contribution is -2.24. The van der Waals surface area contributed by atoms with Crippen molar-refractivity contribution in [3.63, 3.8) is 0 Å². The Kier molecular flexibility index (Phi) is 3.13. The van der Waals surface area contributed by atoms with Crippen molar-refractivity contribution in [3.05, 3.63) is 29.8 Å². The lowest BCUT2D eigenvalue weighted by Gasteiger charge is -2.13. The minimum atomic E-state index is -3.11. The molecule has 1 rings (SSSR count). The average Bonchev–Trinajstić information content (AvgIpc) is 2.07. The van der Waals surface area contributed by atoms with Crippen molar-refractivity contribution in [2.24, 2.45) is 0 Å². The molecule has 0 spiro atoms. The van der Waals surface area contributed by atoms with Gasteiger partial charge in [-0.2, -0.15) is 0 Å². The quantitative estimate of drug-likeness (QED) is 0.752. The molecule has 0 bridgehead atoms. The average molecular weight is 214 g/mol. The van der Waals surface area contributed by atoms with Crippen LogP contribution in [0, 0.1) is 0 Å². The Bertz CT molecular complexity index is 397. The van der Waals surface area contributed by atoms with Gasteiger partial charge in [-0.05, 0) is 17.7 Å². The molecule has 0 fully saturated rings. The van der Waals surface area contributed by atoms with Crippen LogP contribution in [0.4, 0.5) is 5.69 Å². The fourth-order valence-corrected chi connectivity index (χ4v) is 1.38. The third-order valence-corrected chi connectivity index (χ3v) is 3.21. The summed E-state index contributed by atoms with van der Waals surface area (Å²) >= 11 is 0. The second-order valence-corrected chi connectivity index (χ2v) is 5.35. The van der Waals surface area contributed by atoms with E-state index in [1.807, 2.05) is 12.1 Å². The van der Waals surface area contributed by atoms with Gasteiger partial charge < -0.3 is 5.73 Å². The molecule has 0 aliphatic rings. The van der Waals surface area contributed by atoms with E-state index in [1.54, 1.807) is 19.2 Å². The number of sulfonamides is 1. The first-order valence-corrected chi connectivity index (χ1v) is 6.00. The Morgan fingerprint density at radius 3 is 2.21 bits per heavy atom. The summed E-state index contributed by atoms with van der Waals surface area (Å²) < 4.78 is 23.5. The maximum atomic E-state index is 11.1. The van der Waals surface area contributed by atoms with Crippen LogP contribution >= 0.6 is 0 Å². The highest BCUT2D eigenvalue weighted by molar-refractivity contribution is 7.88. The van der Waals surface area contributed by atoms with Gasteiger partial charge in [-0.1, -0.05) is 12.1 Å². The maximum absolute atomic E-state index is 11.1. The lowest BCUT2D eigenvalue weighted by atomic mass is 10.2. The summed E-state index contributed by atoms with van der Waals surface area (Å²) in [5.74, 6) is 0. The smallest absolute Gasteiger partial charge is 0.211 e. The molecule has 0 atom stereocenters. The molecule has 78 valence electrons. The summed E-state index contributed by atoms with van der Waals surface area (Å²) in [6.45, 7) is 0.374. The molecule has 4 nitrogen and oxygen atoms in total. The van der Waals surface area contributed by atoms with Gasteiger partial charge in [-0.25, -0.2) is 12.7 Å². The molecule has 1 aromatic carbocycles. The summed E-state index contributed by atoms with van der Waals surface area (Å²) in [6.07, 6.45) is 1.18. The molecule has 2 N–H and O–H groups in total. The molecule has 0 aromatic heterocycles. The first-order valence-electron chi connectivity index (χ1n) is 4.15. The van der Waals surface area contributed by atoms with Gasteiger partial charge in [0.25, 0.3) is 0 Å². The molecule has 0 aliphatic heterocycles. The van der Waals surface area contributed by atoms with Gasteiger partial charge >= 0.3 is 0 Å². The van der Waals surface area contributed by atoms with Crippen LogP contribution in [0.1, 0.15) is 5.56 Å². The highest BCUT2D eigenvalue weighted by atomic mass is 32.2. The van der Waals surface area contributed by atoms with Crippen LogP contribution < -0.4 is 5.73 Å². The summed E-state index contributed by atoms with van der Waals surface area (Å²) in [4.78, 5) is 0. The number of hydrogen-bond acceptors (Lipinski definition) is 3. The van der Waals surface area contributed by atoms with Gasteiger partial charge in [0.1, 0.15) is 0 Å². The van der Waals surface area contributed by atoms with Gasteiger partial charge in [0, 0.05) is 19.3 Å². The molecule has 14 heavy (non-hydrogen) atoms. The summed E-state index contributed by atoms with van der Waals surface area (Å²) in [5, 5.41) is 0. The summed E-state index contributed by atoms with van der Waals surface area (Å²) in [6, 6.07) is 7.14. The van der Waals surface area contributed by atoms with Crippen LogP contribution in [-0.2, 0) is 16.6 Å². The van der Waals surface area contributed by atoms with Crippen molar-refractivity contribution in [2.75, 3.05) is 19.0 Å². The molecule has 0 unspecified atom stereocenters. The lowest BCUT2D eigenvalue weighted by molar-refractivity contribution is 0.472. The van der Waals surface area contributed by atoms with E-state index in [2.05, 4.69) is 0 Å². The molecule has 0 amide bonds. The van der Waals surface area contributed by atoms with Crippen LogP contribution in [0.25, 0.3) is 0 Å². The van der Waals surface area contributed by atoms with Crippen LogP contribution in [-0.4, -0.2) is 26.0 Å². The molecule has 0 radical (unpaired) electrons. The fourth-order valence-electron chi connectivity index (χ4n) is 0.997. The third-order valence-electron chi connectivity index (χ3n) is 1.95. The van der Waals surface area contributed by atoms with Crippen LogP contribution in [0.15, 0.2) is 24.3 Å². The molecule has 0 heterocycles. The first kappa shape index (κ1) is 11.0. The topological polar surface area (TPSA) is 63.4 Å². The molecular formula is C9H14N2O2S. The van der Waals surface area contributed by atoms with E-state index in [-0.39, 0.29) is 0 Å². The van der Waals surface area contributed by atoms with Crippen molar-refractivity contribution >= 4 is 15.7 Å². The SMILES string of the molecule is CN(Cc1ccc(N)cc1)S(C)(=O)=O. The number of anilines is 1. The zero-order valence-electron chi connectivity index (χ0n) is 8.27. The zero-order chi connectivity index (χ0) is 10.8. The van der Waals surface area contributed by atoms with Crippen LogP contribution in [0.5, 0.6) is 0 Å². The first-order chi connectivity index (χ1) is 6.39. The summed E-state index contributed by atoms with van der Waals surface area (Å²) in [7, 11) is -1.56. The van der Waals surface area contributed by atoms with Gasteiger partial charge in [-0.15, -0.1) is 0 Å². The van der Waals surface area contributed by atoms with E-state index in [0.717, 1.165) is 5.56 Å². The number of hydrogen-bond donors (Lipinski definition) is 1. The largest absolute Gasteiger partial charge is 0.399 e. The van der Waals surface area contributed by atoms with Crippen molar-refractivity contribution < 1.29 is 8.42 Å². The van der Waals surface area contributed by atoms with Gasteiger partial charge in [-0.3, -0.25) is 0 Å². The molecule has 0 saturated heterocycles. The Morgan fingerprint density at radius 1 is 1.29 bits per heavy atom. The number of nitrogen functional groups attached to an aromatic ring is 1. The molecule has 0 saturated carbocycles. The van der Waals surface area contributed by atoms with Gasteiger partial charge in [0.2, 0.25) is 10.0 Å². The van der Waals surface area contributed by atoms with E-state index in [9.17, 15) is 8.42 Å². The fraction of sp³-hybridized carbons (Fsp3) is 0.333. The number of rotatable bonds is 3. The third kappa shape index (κ3) is 3.01. The predicted octanol–water partition coefficient (Wildman–Crippen LogP) is 0.660. The highest BCUT2D eigenvalue weighted by Crippen LogP contribution is 2.09. The minimum absolute atomic E-state index is 0.374. The highest BCUT2D eigenvalue weighted by Gasteiger charge is 2.10. The van der Waals surface area contributed by atoms with E-state index in [0.29, 0.717) is 12.2 Å². The van der Waals surface area contributed by atoms with Crippen molar-refractivity contribution in [2.45, 2.75) is 6.54 Å².